The van der Waals surface area contributed by atoms with Crippen molar-refractivity contribution in [1.29, 1.82) is 5.26 Å². The summed E-state index contributed by atoms with van der Waals surface area (Å²) >= 11 is 0. The molecule has 0 N–H and O–H groups in total. The molecule has 1 heterocycles. The quantitative estimate of drug-likeness (QED) is 0.180. The van der Waals surface area contributed by atoms with E-state index >= 15 is 0 Å². The Labute approximate surface area is 307 Å². The molecule has 6 atom stereocenters. The van der Waals surface area contributed by atoms with Crippen LogP contribution >= 0.6 is 0 Å². The molecule has 2 fully saturated rings. The SMILES string of the molecule is C[C@@H]1CC2C[C@@H](C1)C[C@@H](C)C2Cc1cccc2c1C1CC=CC(c3nc(-c4ccc(C#N)cc4)nc(-c4cccc(-c5ccccc5)c4)n3)=C1C=C2. The molecular weight excluding hydrogens is 633 g/mol. The van der Waals surface area contributed by atoms with Gasteiger partial charge < -0.3 is 0 Å². The standard InChI is InChI=1S/C48H44N4/c1-30-23-33-25-31(2)44(40(24-30)26-33)28-38-13-6-11-35-21-22-41-42(45(35)38)15-8-16-43(41)48-51-46(36-19-17-32(29-49)18-20-36)50-47(52-48)39-14-7-12-37(27-39)34-9-4-3-5-10-34/h3-14,16-22,27,30-31,33,40,42,44H,15,23-26,28H2,1-2H3/t30-,31+,33-,40?,42?,44?/m0/s1. The first kappa shape index (κ1) is 32.5. The molecule has 9 rings (SSSR count). The van der Waals surface area contributed by atoms with Gasteiger partial charge in [0.2, 0.25) is 0 Å². The van der Waals surface area contributed by atoms with Crippen LogP contribution in [0.5, 0.6) is 0 Å². The summed E-state index contributed by atoms with van der Waals surface area (Å²) in [5, 5.41) is 9.47. The van der Waals surface area contributed by atoms with E-state index in [1.807, 2.05) is 30.3 Å². The fourth-order valence-corrected chi connectivity index (χ4v) is 10.0. The molecule has 2 saturated carbocycles. The summed E-state index contributed by atoms with van der Waals surface area (Å²) in [7, 11) is 0. The molecule has 1 aromatic heterocycles. The van der Waals surface area contributed by atoms with Gasteiger partial charge in [-0.15, -0.1) is 0 Å². The van der Waals surface area contributed by atoms with Crippen LogP contribution in [0.25, 0.3) is 45.6 Å². The lowest BCUT2D eigenvalue weighted by Crippen LogP contribution is -2.38. The van der Waals surface area contributed by atoms with Crippen molar-refractivity contribution in [2.75, 3.05) is 0 Å². The van der Waals surface area contributed by atoms with E-state index in [0.29, 0.717) is 23.0 Å². The number of nitrogens with zero attached hydrogens (tertiary/aromatic N) is 4. The lowest BCUT2D eigenvalue weighted by Gasteiger charge is -2.47. The monoisotopic (exact) mass is 676 g/mol. The molecule has 3 unspecified atom stereocenters. The number of rotatable bonds is 6. The second-order valence-corrected chi connectivity index (χ2v) is 15.8. The van der Waals surface area contributed by atoms with Crippen LogP contribution in [0, 0.1) is 40.9 Å². The van der Waals surface area contributed by atoms with Gasteiger partial charge in [0, 0.05) is 22.6 Å². The minimum atomic E-state index is 0.258. The number of fused-ring (bicyclic) bond motifs is 5. The van der Waals surface area contributed by atoms with Gasteiger partial charge in [-0.25, -0.2) is 15.0 Å². The minimum Gasteiger partial charge on any atom is -0.208 e. The van der Waals surface area contributed by atoms with Crippen LogP contribution in [0.4, 0.5) is 0 Å². The maximum Gasteiger partial charge on any atom is 0.164 e. The van der Waals surface area contributed by atoms with Crippen molar-refractivity contribution < 1.29 is 0 Å². The van der Waals surface area contributed by atoms with Crippen LogP contribution in [-0.4, -0.2) is 15.0 Å². The van der Waals surface area contributed by atoms with Gasteiger partial charge in [-0.05, 0) is 132 Å². The Balaban J connectivity index is 1.14. The first-order chi connectivity index (χ1) is 25.5. The molecule has 4 aromatic carbocycles. The average Bonchev–Trinajstić information content (AvgIpc) is 3.19. The summed E-state index contributed by atoms with van der Waals surface area (Å²) in [6.07, 6.45) is 16.9. The Kier molecular flexibility index (Phi) is 8.51. The van der Waals surface area contributed by atoms with Crippen LogP contribution in [0.2, 0.25) is 0 Å². The maximum atomic E-state index is 9.47. The van der Waals surface area contributed by atoms with Gasteiger partial charge in [0.05, 0.1) is 11.6 Å². The van der Waals surface area contributed by atoms with Gasteiger partial charge in [0.15, 0.2) is 17.5 Å². The van der Waals surface area contributed by atoms with Crippen molar-refractivity contribution in [3.63, 3.8) is 0 Å². The topological polar surface area (TPSA) is 62.5 Å². The minimum absolute atomic E-state index is 0.258. The van der Waals surface area contributed by atoms with E-state index < -0.39 is 0 Å². The van der Waals surface area contributed by atoms with Crippen LogP contribution in [0.15, 0.2) is 121 Å². The highest BCUT2D eigenvalue weighted by Crippen LogP contribution is 2.51. The number of hydrogen-bond donors (Lipinski definition) is 0. The van der Waals surface area contributed by atoms with E-state index in [1.165, 1.54) is 54.4 Å². The normalized spacial score (nSPS) is 24.6. The zero-order valence-corrected chi connectivity index (χ0v) is 30.0. The highest BCUT2D eigenvalue weighted by atomic mass is 15.0. The largest absolute Gasteiger partial charge is 0.208 e. The summed E-state index contributed by atoms with van der Waals surface area (Å²) in [4.78, 5) is 15.4. The molecule has 0 aliphatic heterocycles. The van der Waals surface area contributed by atoms with E-state index in [2.05, 4.69) is 111 Å². The van der Waals surface area contributed by atoms with E-state index in [4.69, 9.17) is 15.0 Å². The first-order valence-corrected chi connectivity index (χ1v) is 19.1. The zero-order chi connectivity index (χ0) is 35.2. The second-order valence-electron chi connectivity index (χ2n) is 15.8. The Morgan fingerprint density at radius 2 is 1.42 bits per heavy atom. The zero-order valence-electron chi connectivity index (χ0n) is 30.0. The third-order valence-electron chi connectivity index (χ3n) is 12.3. The number of benzene rings is 4. The van der Waals surface area contributed by atoms with E-state index in [9.17, 15) is 5.26 Å². The fourth-order valence-electron chi connectivity index (χ4n) is 10.0. The average molecular weight is 677 g/mol. The molecule has 256 valence electrons. The van der Waals surface area contributed by atoms with Crippen LogP contribution < -0.4 is 0 Å². The predicted molar refractivity (Wildman–Crippen MR) is 211 cm³/mol. The first-order valence-electron chi connectivity index (χ1n) is 19.1. The van der Waals surface area contributed by atoms with Gasteiger partial charge in [-0.3, -0.25) is 0 Å². The molecule has 0 radical (unpaired) electrons. The van der Waals surface area contributed by atoms with Gasteiger partial charge >= 0.3 is 0 Å². The molecule has 4 nitrogen and oxygen atoms in total. The van der Waals surface area contributed by atoms with Crippen molar-refractivity contribution >= 4 is 11.6 Å². The highest BCUT2D eigenvalue weighted by Gasteiger charge is 2.40. The van der Waals surface area contributed by atoms with Gasteiger partial charge in [-0.1, -0.05) is 105 Å². The molecule has 0 amide bonds. The third kappa shape index (κ3) is 6.13. The maximum absolute atomic E-state index is 9.47. The molecule has 2 bridgehead atoms. The van der Waals surface area contributed by atoms with Gasteiger partial charge in [0.1, 0.15) is 0 Å². The molecule has 5 aromatic rings. The summed E-state index contributed by atoms with van der Waals surface area (Å²) in [5.41, 5.74) is 11.4. The predicted octanol–water partition coefficient (Wildman–Crippen LogP) is 11.5. The number of nitriles is 1. The van der Waals surface area contributed by atoms with Crippen molar-refractivity contribution in [1.82, 2.24) is 15.0 Å². The van der Waals surface area contributed by atoms with Crippen LogP contribution in [0.1, 0.15) is 79.9 Å². The second kappa shape index (κ2) is 13.6. The lowest BCUT2D eigenvalue weighted by atomic mass is 9.59. The van der Waals surface area contributed by atoms with E-state index in [1.54, 1.807) is 0 Å². The number of hydrogen-bond acceptors (Lipinski definition) is 4. The molecular formula is C48H44N4. The molecule has 52 heavy (non-hydrogen) atoms. The van der Waals surface area contributed by atoms with E-state index in [0.717, 1.165) is 63.8 Å². The number of allylic oxidation sites excluding steroid dienone is 5. The summed E-state index contributed by atoms with van der Waals surface area (Å²) in [5.74, 6) is 6.31. The van der Waals surface area contributed by atoms with Crippen LogP contribution in [-0.2, 0) is 6.42 Å². The Hall–Kier alpha value is -5.40. The molecule has 4 aliphatic carbocycles. The summed E-state index contributed by atoms with van der Waals surface area (Å²) in [6, 6.07) is 35.6. The molecule has 4 aliphatic rings. The van der Waals surface area contributed by atoms with Crippen molar-refractivity contribution in [3.8, 4) is 40.0 Å². The van der Waals surface area contributed by atoms with Crippen molar-refractivity contribution in [2.24, 2.45) is 29.6 Å². The molecule has 0 saturated heterocycles. The fraction of sp³-hybridized carbons (Fsp3) is 0.292. The van der Waals surface area contributed by atoms with Gasteiger partial charge in [0.25, 0.3) is 0 Å². The number of aromatic nitrogens is 3. The molecule has 4 heteroatoms. The van der Waals surface area contributed by atoms with Crippen molar-refractivity contribution in [2.45, 2.75) is 58.3 Å². The van der Waals surface area contributed by atoms with Crippen molar-refractivity contribution in [3.05, 3.63) is 149 Å². The van der Waals surface area contributed by atoms with E-state index in [-0.39, 0.29) is 5.92 Å². The summed E-state index contributed by atoms with van der Waals surface area (Å²) in [6.45, 7) is 5.01. The van der Waals surface area contributed by atoms with Crippen LogP contribution in [0.3, 0.4) is 0 Å². The smallest absolute Gasteiger partial charge is 0.164 e. The lowest BCUT2D eigenvalue weighted by molar-refractivity contribution is 0.0467. The summed E-state index contributed by atoms with van der Waals surface area (Å²) < 4.78 is 0. The highest BCUT2D eigenvalue weighted by molar-refractivity contribution is 5.83. The third-order valence-corrected chi connectivity index (χ3v) is 12.3. The Bertz CT molecular complexity index is 2270. The van der Waals surface area contributed by atoms with Gasteiger partial charge in [-0.2, -0.15) is 5.26 Å². The Morgan fingerprint density at radius 1 is 0.673 bits per heavy atom. The molecule has 0 spiro atoms. The Morgan fingerprint density at radius 3 is 2.25 bits per heavy atom.